The average Bonchev–Trinajstić information content (AvgIpc) is 3.43. The number of nitrogens with zero attached hydrogens (tertiary/aromatic N) is 6. The van der Waals surface area contributed by atoms with Crippen LogP contribution in [-0.4, -0.2) is 43.9 Å². The van der Waals surface area contributed by atoms with E-state index < -0.39 is 0 Å². The lowest BCUT2D eigenvalue weighted by Gasteiger charge is -2.19. The highest BCUT2D eigenvalue weighted by Gasteiger charge is 2.10. The van der Waals surface area contributed by atoms with Crippen LogP contribution in [0.1, 0.15) is 24.4 Å². The summed E-state index contributed by atoms with van der Waals surface area (Å²) in [7, 11) is 1.77. The number of rotatable bonds is 6. The summed E-state index contributed by atoms with van der Waals surface area (Å²) in [5.41, 5.74) is 3.04. The van der Waals surface area contributed by atoms with Crippen molar-refractivity contribution in [2.75, 3.05) is 13.6 Å². The van der Waals surface area contributed by atoms with Crippen LogP contribution in [0.3, 0.4) is 0 Å². The molecule has 0 aliphatic heterocycles. The van der Waals surface area contributed by atoms with E-state index in [4.69, 9.17) is 0 Å². The Labute approximate surface area is 169 Å². The van der Waals surface area contributed by atoms with Crippen LogP contribution >= 0.6 is 0 Å². The molecule has 1 atom stereocenters. The molecule has 1 aromatic carbocycles. The Morgan fingerprint density at radius 3 is 2.86 bits per heavy atom. The van der Waals surface area contributed by atoms with Crippen molar-refractivity contribution in [3.05, 3.63) is 78.5 Å². The average molecular weight is 388 g/mol. The third kappa shape index (κ3) is 4.26. The molecule has 3 aromatic heterocycles. The quantitative estimate of drug-likeness (QED) is 0.391. The first-order valence-electron chi connectivity index (χ1n) is 9.60. The predicted molar refractivity (Wildman–Crippen MR) is 113 cm³/mol. The van der Waals surface area contributed by atoms with Crippen molar-refractivity contribution in [1.82, 2.24) is 35.0 Å². The predicted octanol–water partition coefficient (Wildman–Crippen LogP) is 2.38. The van der Waals surface area contributed by atoms with E-state index >= 15 is 0 Å². The second-order valence-corrected chi connectivity index (χ2v) is 6.71. The summed E-state index contributed by atoms with van der Waals surface area (Å²) >= 11 is 0. The van der Waals surface area contributed by atoms with Gasteiger partial charge in [-0.15, -0.1) is 10.2 Å². The number of fused-ring (bicyclic) bond motifs is 1. The summed E-state index contributed by atoms with van der Waals surface area (Å²) in [6, 6.07) is 16.2. The first-order chi connectivity index (χ1) is 14.2. The Bertz CT molecular complexity index is 1100. The molecule has 0 bridgehead atoms. The first kappa shape index (κ1) is 18.7. The molecule has 8 heteroatoms. The van der Waals surface area contributed by atoms with Gasteiger partial charge in [0.25, 0.3) is 0 Å². The number of benzene rings is 1. The van der Waals surface area contributed by atoms with Crippen molar-refractivity contribution in [2.45, 2.75) is 19.4 Å². The number of pyridine rings is 1. The van der Waals surface area contributed by atoms with Gasteiger partial charge in [-0.2, -0.15) is 5.10 Å². The number of aliphatic imine (C=N–C) groups is 1. The van der Waals surface area contributed by atoms with Gasteiger partial charge in [-0.3, -0.25) is 9.39 Å². The lowest BCUT2D eigenvalue weighted by atomic mass is 10.1. The van der Waals surface area contributed by atoms with Gasteiger partial charge in [0, 0.05) is 38.6 Å². The topological polar surface area (TPSA) is 84.4 Å². The Morgan fingerprint density at radius 2 is 2.03 bits per heavy atom. The van der Waals surface area contributed by atoms with E-state index in [1.807, 2.05) is 57.9 Å². The van der Waals surface area contributed by atoms with Crippen LogP contribution in [0.25, 0.3) is 11.3 Å². The molecule has 0 spiro atoms. The highest BCUT2D eigenvalue weighted by Crippen LogP contribution is 2.16. The lowest BCUT2D eigenvalue weighted by Crippen LogP contribution is -2.39. The summed E-state index contributed by atoms with van der Waals surface area (Å²) in [6.07, 6.45) is 6.44. The third-order valence-corrected chi connectivity index (χ3v) is 4.74. The minimum absolute atomic E-state index is 0.0886. The fourth-order valence-electron chi connectivity index (χ4n) is 3.20. The summed E-state index contributed by atoms with van der Waals surface area (Å²) in [5.74, 6) is 1.67. The molecule has 4 aromatic rings. The maximum absolute atomic E-state index is 4.34. The van der Waals surface area contributed by atoms with Gasteiger partial charge in [0.05, 0.1) is 11.7 Å². The van der Waals surface area contributed by atoms with Gasteiger partial charge in [-0.1, -0.05) is 18.2 Å². The summed E-state index contributed by atoms with van der Waals surface area (Å²) in [5, 5.41) is 19.5. The maximum Gasteiger partial charge on any atom is 0.191 e. The summed E-state index contributed by atoms with van der Waals surface area (Å²) in [4.78, 5) is 4.34. The number of hydrogen-bond acceptors (Lipinski definition) is 4. The molecule has 8 nitrogen and oxygen atoms in total. The van der Waals surface area contributed by atoms with E-state index in [2.05, 4.69) is 50.0 Å². The molecule has 0 radical (unpaired) electrons. The van der Waals surface area contributed by atoms with Gasteiger partial charge >= 0.3 is 0 Å². The standard InChI is InChI=1S/C21H24N8/c1-16(17-7-5-8-18(15-17)29-14-6-11-24-29)25-21(22-2)23-12-10-20-27-26-19-9-3-4-13-28(19)20/h3-9,11,13-16H,10,12H2,1-2H3,(H2,22,23,25). The van der Waals surface area contributed by atoms with Crippen LogP contribution in [0.2, 0.25) is 0 Å². The zero-order chi connectivity index (χ0) is 20.1. The zero-order valence-electron chi connectivity index (χ0n) is 16.5. The molecular formula is C21H24N8. The number of guanidine groups is 1. The number of hydrogen-bond donors (Lipinski definition) is 2. The monoisotopic (exact) mass is 388 g/mol. The maximum atomic E-state index is 4.34. The summed E-state index contributed by atoms with van der Waals surface area (Å²) in [6.45, 7) is 2.82. The van der Waals surface area contributed by atoms with Crippen LogP contribution in [-0.2, 0) is 6.42 Å². The molecular weight excluding hydrogens is 364 g/mol. The van der Waals surface area contributed by atoms with E-state index in [0.29, 0.717) is 6.54 Å². The van der Waals surface area contributed by atoms with Crippen molar-refractivity contribution in [3.8, 4) is 5.69 Å². The van der Waals surface area contributed by atoms with E-state index in [9.17, 15) is 0 Å². The Hall–Kier alpha value is -3.68. The molecule has 1 unspecified atom stereocenters. The molecule has 4 rings (SSSR count). The highest BCUT2D eigenvalue weighted by molar-refractivity contribution is 5.80. The zero-order valence-corrected chi connectivity index (χ0v) is 16.5. The molecule has 0 amide bonds. The molecule has 3 heterocycles. The van der Waals surface area contributed by atoms with Crippen molar-refractivity contribution in [3.63, 3.8) is 0 Å². The van der Waals surface area contributed by atoms with Crippen LogP contribution in [0, 0.1) is 0 Å². The Balaban J connectivity index is 1.36. The first-order valence-corrected chi connectivity index (χ1v) is 9.60. The van der Waals surface area contributed by atoms with E-state index in [1.54, 1.807) is 13.2 Å². The second-order valence-electron chi connectivity index (χ2n) is 6.71. The molecule has 0 saturated heterocycles. The number of nitrogens with one attached hydrogen (secondary N) is 2. The molecule has 2 N–H and O–H groups in total. The van der Waals surface area contributed by atoms with E-state index in [-0.39, 0.29) is 6.04 Å². The van der Waals surface area contributed by atoms with Gasteiger partial charge in [0.1, 0.15) is 5.82 Å². The molecule has 29 heavy (non-hydrogen) atoms. The van der Waals surface area contributed by atoms with Crippen molar-refractivity contribution < 1.29 is 0 Å². The molecule has 148 valence electrons. The molecule has 0 saturated carbocycles. The summed E-state index contributed by atoms with van der Waals surface area (Å²) < 4.78 is 3.85. The van der Waals surface area contributed by atoms with Crippen LogP contribution in [0.4, 0.5) is 0 Å². The minimum Gasteiger partial charge on any atom is -0.356 e. The van der Waals surface area contributed by atoms with Crippen LogP contribution in [0.5, 0.6) is 0 Å². The molecule has 0 fully saturated rings. The SMILES string of the molecule is CN=C(NCCc1nnc2ccccn12)NC(C)c1cccc(-n2cccn2)c1. The van der Waals surface area contributed by atoms with Crippen LogP contribution in [0.15, 0.2) is 72.1 Å². The fourth-order valence-corrected chi connectivity index (χ4v) is 3.20. The van der Waals surface area contributed by atoms with Gasteiger partial charge < -0.3 is 10.6 Å². The smallest absolute Gasteiger partial charge is 0.191 e. The van der Waals surface area contributed by atoms with Gasteiger partial charge in [-0.05, 0) is 42.8 Å². The Morgan fingerprint density at radius 1 is 1.10 bits per heavy atom. The minimum atomic E-state index is 0.0886. The van der Waals surface area contributed by atoms with Crippen molar-refractivity contribution >= 4 is 11.6 Å². The van der Waals surface area contributed by atoms with Crippen LogP contribution < -0.4 is 10.6 Å². The second kappa shape index (κ2) is 8.55. The largest absolute Gasteiger partial charge is 0.356 e. The third-order valence-electron chi connectivity index (χ3n) is 4.74. The lowest BCUT2D eigenvalue weighted by molar-refractivity contribution is 0.678. The normalized spacial score (nSPS) is 12.8. The highest BCUT2D eigenvalue weighted by atomic mass is 15.3. The van der Waals surface area contributed by atoms with Crippen molar-refractivity contribution in [1.29, 1.82) is 0 Å². The van der Waals surface area contributed by atoms with Gasteiger partial charge in [0.2, 0.25) is 0 Å². The fraction of sp³-hybridized carbons (Fsp3) is 0.238. The molecule has 0 aliphatic carbocycles. The van der Waals surface area contributed by atoms with E-state index in [0.717, 1.165) is 35.1 Å². The van der Waals surface area contributed by atoms with Crippen molar-refractivity contribution in [2.24, 2.45) is 4.99 Å². The van der Waals surface area contributed by atoms with Gasteiger partial charge in [-0.25, -0.2) is 4.68 Å². The van der Waals surface area contributed by atoms with E-state index in [1.165, 1.54) is 0 Å². The molecule has 0 aliphatic rings. The van der Waals surface area contributed by atoms with Gasteiger partial charge in [0.15, 0.2) is 11.6 Å². The number of aromatic nitrogens is 5. The Kier molecular flexibility index (Phi) is 5.51.